The fraction of sp³-hybridized carbons (Fsp3) is 0.619. The van der Waals surface area contributed by atoms with Gasteiger partial charge < -0.3 is 20.7 Å². The maximum atomic E-state index is 12.3. The summed E-state index contributed by atoms with van der Waals surface area (Å²) < 4.78 is 40.8. The van der Waals surface area contributed by atoms with Gasteiger partial charge in [-0.25, -0.2) is 0 Å². The molecule has 1 fully saturated rings. The van der Waals surface area contributed by atoms with E-state index in [0.717, 1.165) is 37.8 Å². The highest BCUT2D eigenvalue weighted by molar-refractivity contribution is 5.94. The Morgan fingerprint density at radius 3 is 2.37 bits per heavy atom. The van der Waals surface area contributed by atoms with Crippen molar-refractivity contribution in [1.29, 1.82) is 0 Å². The van der Waals surface area contributed by atoms with Crippen LogP contribution in [0.2, 0.25) is 0 Å². The molecule has 168 valence electrons. The van der Waals surface area contributed by atoms with E-state index in [1.54, 1.807) is 0 Å². The molecule has 6 nitrogen and oxygen atoms in total. The lowest BCUT2D eigenvalue weighted by atomic mass is 9.86. The first-order valence-electron chi connectivity index (χ1n) is 10.1. The average Bonchev–Trinajstić information content (AvgIpc) is 2.63. The number of alkyl halides is 3. The zero-order valence-electron chi connectivity index (χ0n) is 17.6. The smallest absolute Gasteiger partial charge is 0.406 e. The molecule has 0 radical (unpaired) electrons. The Labute approximate surface area is 174 Å². The third-order valence-electron chi connectivity index (χ3n) is 4.79. The summed E-state index contributed by atoms with van der Waals surface area (Å²) in [7, 11) is 0. The molecule has 9 heteroatoms. The van der Waals surface area contributed by atoms with Gasteiger partial charge in [0.05, 0.1) is 6.54 Å². The molecule has 0 saturated heterocycles. The minimum atomic E-state index is -4.80. The first kappa shape index (κ1) is 24.0. The molecule has 0 heterocycles. The third-order valence-corrected chi connectivity index (χ3v) is 4.79. The second-order valence-electron chi connectivity index (χ2n) is 8.68. The lowest BCUT2D eigenvalue weighted by Crippen LogP contribution is -2.47. The zero-order chi connectivity index (χ0) is 22.4. The second kappa shape index (κ2) is 10.1. The van der Waals surface area contributed by atoms with Crippen molar-refractivity contribution in [1.82, 2.24) is 16.0 Å². The monoisotopic (exact) mass is 429 g/mol. The Hall–Kier alpha value is -2.29. The van der Waals surface area contributed by atoms with Gasteiger partial charge in [0.25, 0.3) is 5.91 Å². The number of amides is 2. The van der Waals surface area contributed by atoms with Gasteiger partial charge in [-0.05, 0) is 70.6 Å². The molecule has 2 rings (SSSR count). The Kier molecular flexibility index (Phi) is 8.11. The van der Waals surface area contributed by atoms with E-state index >= 15 is 0 Å². The molecule has 3 N–H and O–H groups in total. The largest absolute Gasteiger partial charge is 0.573 e. The van der Waals surface area contributed by atoms with Gasteiger partial charge >= 0.3 is 6.36 Å². The van der Waals surface area contributed by atoms with Crippen molar-refractivity contribution in [2.75, 3.05) is 13.1 Å². The van der Waals surface area contributed by atoms with Gasteiger partial charge in [0, 0.05) is 23.7 Å². The number of hydrogen-bond donors (Lipinski definition) is 3. The van der Waals surface area contributed by atoms with Gasteiger partial charge in [0.15, 0.2) is 0 Å². The van der Waals surface area contributed by atoms with Gasteiger partial charge in [0.1, 0.15) is 5.75 Å². The Bertz CT molecular complexity index is 724. The Morgan fingerprint density at radius 1 is 1.10 bits per heavy atom. The van der Waals surface area contributed by atoms with E-state index in [4.69, 9.17) is 0 Å². The van der Waals surface area contributed by atoms with Crippen LogP contribution in [0.15, 0.2) is 24.3 Å². The number of carbonyl (C=O) groups excluding carboxylic acids is 2. The fourth-order valence-corrected chi connectivity index (χ4v) is 3.44. The number of hydrogen-bond acceptors (Lipinski definition) is 4. The summed E-state index contributed by atoms with van der Waals surface area (Å²) in [5.74, 6) is -0.586. The van der Waals surface area contributed by atoms with E-state index in [0.29, 0.717) is 12.5 Å². The minimum Gasteiger partial charge on any atom is -0.406 e. The molecule has 0 bridgehead atoms. The Balaban J connectivity index is 1.71. The normalized spacial score (nSPS) is 19.8. The van der Waals surface area contributed by atoms with Crippen molar-refractivity contribution in [2.24, 2.45) is 5.92 Å². The van der Waals surface area contributed by atoms with Gasteiger partial charge in [0.2, 0.25) is 5.91 Å². The Morgan fingerprint density at radius 2 is 1.77 bits per heavy atom. The first-order chi connectivity index (χ1) is 13.9. The average molecular weight is 429 g/mol. The molecule has 2 amide bonds. The van der Waals surface area contributed by atoms with Crippen molar-refractivity contribution < 1.29 is 27.5 Å². The maximum Gasteiger partial charge on any atom is 0.573 e. The van der Waals surface area contributed by atoms with E-state index < -0.39 is 18.0 Å². The van der Waals surface area contributed by atoms with E-state index in [9.17, 15) is 22.8 Å². The molecule has 1 aromatic carbocycles. The van der Waals surface area contributed by atoms with Crippen LogP contribution in [0.4, 0.5) is 13.2 Å². The highest BCUT2D eigenvalue weighted by Gasteiger charge is 2.31. The first-order valence-corrected chi connectivity index (χ1v) is 10.1. The number of ether oxygens (including phenoxy) is 1. The van der Waals surface area contributed by atoms with E-state index in [-0.39, 0.29) is 29.6 Å². The molecule has 0 aromatic heterocycles. The molecular formula is C21H30F3N3O3. The van der Waals surface area contributed by atoms with Gasteiger partial charge in [-0.1, -0.05) is 6.07 Å². The predicted octanol–water partition coefficient (Wildman–Crippen LogP) is 3.38. The van der Waals surface area contributed by atoms with Gasteiger partial charge in [-0.3, -0.25) is 9.59 Å². The molecule has 0 aliphatic heterocycles. The number of nitrogens with one attached hydrogen (secondary N) is 3. The van der Waals surface area contributed by atoms with Crippen LogP contribution in [-0.2, 0) is 4.79 Å². The van der Waals surface area contributed by atoms with Crippen molar-refractivity contribution in [3.63, 3.8) is 0 Å². The summed E-state index contributed by atoms with van der Waals surface area (Å²) in [6.07, 6.45) is -1.20. The van der Waals surface area contributed by atoms with Crippen LogP contribution in [-0.4, -0.2) is 42.8 Å². The highest BCUT2D eigenvalue weighted by atomic mass is 19.4. The number of carbonyl (C=O) groups is 2. The van der Waals surface area contributed by atoms with Crippen LogP contribution in [0, 0.1) is 5.92 Å². The minimum absolute atomic E-state index is 0.0337. The lowest BCUT2D eigenvalue weighted by molar-refractivity contribution is -0.274. The van der Waals surface area contributed by atoms with Crippen LogP contribution in [0.5, 0.6) is 5.75 Å². The second-order valence-corrected chi connectivity index (χ2v) is 8.68. The van der Waals surface area contributed by atoms with E-state index in [1.165, 1.54) is 12.1 Å². The van der Waals surface area contributed by atoms with Crippen molar-refractivity contribution in [2.45, 2.75) is 64.4 Å². The van der Waals surface area contributed by atoms with Crippen molar-refractivity contribution in [3.8, 4) is 5.75 Å². The number of rotatable bonds is 7. The van der Waals surface area contributed by atoms with E-state index in [2.05, 4.69) is 20.7 Å². The van der Waals surface area contributed by atoms with Crippen molar-refractivity contribution in [3.05, 3.63) is 29.8 Å². The van der Waals surface area contributed by atoms with Crippen LogP contribution in [0.3, 0.4) is 0 Å². The van der Waals surface area contributed by atoms with Gasteiger partial charge in [-0.15, -0.1) is 13.2 Å². The summed E-state index contributed by atoms with van der Waals surface area (Å²) >= 11 is 0. The maximum absolute atomic E-state index is 12.3. The molecular weight excluding hydrogens is 399 g/mol. The van der Waals surface area contributed by atoms with E-state index in [1.807, 2.05) is 20.8 Å². The molecule has 1 saturated carbocycles. The zero-order valence-corrected chi connectivity index (χ0v) is 17.6. The fourth-order valence-electron chi connectivity index (χ4n) is 3.44. The molecule has 0 unspecified atom stereocenters. The molecule has 1 aliphatic carbocycles. The standard InChI is InChI=1S/C21H30F3N3O3/c1-20(2,3)27-18(28)13-25-16-9-7-14(8-10-16)12-26-19(29)15-5-4-6-17(11-15)30-21(22,23)24/h4-6,11,14,16,25H,7-10,12-13H2,1-3H3,(H,26,29)(H,27,28). The van der Waals surface area contributed by atoms with Crippen LogP contribution in [0.1, 0.15) is 56.8 Å². The lowest BCUT2D eigenvalue weighted by Gasteiger charge is -2.29. The SMILES string of the molecule is CC(C)(C)NC(=O)CNC1CCC(CNC(=O)c2cccc(OC(F)(F)F)c2)CC1. The quantitative estimate of drug-likeness (QED) is 0.621. The molecule has 0 atom stereocenters. The van der Waals surface area contributed by atoms with Crippen LogP contribution >= 0.6 is 0 Å². The summed E-state index contributed by atoms with van der Waals surface area (Å²) in [5.41, 5.74) is -0.135. The van der Waals surface area contributed by atoms with Crippen LogP contribution < -0.4 is 20.7 Å². The third kappa shape index (κ3) is 9.02. The summed E-state index contributed by atoms with van der Waals surface area (Å²) in [6, 6.07) is 5.29. The van der Waals surface area contributed by atoms with Crippen molar-refractivity contribution >= 4 is 11.8 Å². The van der Waals surface area contributed by atoms with Gasteiger partial charge in [-0.2, -0.15) is 0 Å². The van der Waals surface area contributed by atoms with Crippen LogP contribution in [0.25, 0.3) is 0 Å². The topological polar surface area (TPSA) is 79.5 Å². The molecule has 1 aromatic rings. The number of benzene rings is 1. The predicted molar refractivity (Wildman–Crippen MR) is 107 cm³/mol. The molecule has 1 aliphatic rings. The number of halogens is 3. The summed E-state index contributed by atoms with van der Waals surface area (Å²) in [4.78, 5) is 24.1. The molecule has 0 spiro atoms. The summed E-state index contributed by atoms with van der Waals surface area (Å²) in [6.45, 7) is 6.54. The molecule has 30 heavy (non-hydrogen) atoms. The summed E-state index contributed by atoms with van der Waals surface area (Å²) in [5, 5.41) is 8.98. The highest BCUT2D eigenvalue weighted by Crippen LogP contribution is 2.25.